The van der Waals surface area contributed by atoms with Crippen LogP contribution in [-0.4, -0.2) is 28.0 Å². The Hall–Kier alpha value is -4.47. The lowest BCUT2D eigenvalue weighted by Crippen LogP contribution is -2.30. The summed E-state index contributed by atoms with van der Waals surface area (Å²) in [5.41, 5.74) is 1.29. The van der Waals surface area contributed by atoms with Crippen LogP contribution >= 0.6 is 0 Å². The minimum atomic E-state index is -0.897. The highest BCUT2D eigenvalue weighted by Gasteiger charge is 2.31. The molecule has 0 aliphatic carbocycles. The summed E-state index contributed by atoms with van der Waals surface area (Å²) in [7, 11) is 1.58. The third kappa shape index (κ3) is 3.41. The molecule has 166 valence electrons. The van der Waals surface area contributed by atoms with E-state index in [2.05, 4.69) is 10.3 Å². The number of amides is 3. The van der Waals surface area contributed by atoms with Gasteiger partial charge in [0.05, 0.1) is 12.2 Å². The highest BCUT2D eigenvalue weighted by Crippen LogP contribution is 2.39. The molecule has 2 aromatic carbocycles. The van der Waals surface area contributed by atoms with Crippen molar-refractivity contribution >= 4 is 28.5 Å². The van der Waals surface area contributed by atoms with Gasteiger partial charge in [-0.05, 0) is 36.4 Å². The smallest absolute Gasteiger partial charge is 0.329 e. The van der Waals surface area contributed by atoms with Crippen molar-refractivity contribution in [2.24, 2.45) is 7.05 Å². The highest BCUT2D eigenvalue weighted by molar-refractivity contribution is 6.20. The first-order valence-corrected chi connectivity index (χ1v) is 9.88. The van der Waals surface area contributed by atoms with Crippen LogP contribution < -0.4 is 20.5 Å². The number of halogens is 2. The molecule has 1 fully saturated rings. The minimum absolute atomic E-state index is 0.130. The maximum Gasteiger partial charge on any atom is 0.329 e. The number of carbonyl (C=O) groups excluding carboxylic acids is 2. The number of ether oxygens (including phenoxy) is 1. The predicted molar refractivity (Wildman–Crippen MR) is 116 cm³/mol. The second kappa shape index (κ2) is 7.59. The summed E-state index contributed by atoms with van der Waals surface area (Å²) in [6.07, 6.45) is 3.19. The number of urea groups is 1. The van der Waals surface area contributed by atoms with Crippen LogP contribution in [0.3, 0.4) is 0 Å². The number of imide groups is 1. The molecule has 0 atom stereocenters. The largest absolute Gasteiger partial charge is 0.454 e. The Morgan fingerprint density at radius 1 is 0.970 bits per heavy atom. The standard InChI is InChI=1S/C23H16F2N4O4/c1-28-11-16(14-6-7-26-21(14)22(28)31)15-9-13(29-20(30)10-27-23(29)32)3-5-18(15)33-19-4-2-12(24)8-17(19)25/h2-9,11,26H,10H2,1H3,(H,27,32). The Balaban J connectivity index is 1.73. The first-order chi connectivity index (χ1) is 15.8. The van der Waals surface area contributed by atoms with Crippen LogP contribution in [0.2, 0.25) is 0 Å². The van der Waals surface area contributed by atoms with Crippen molar-refractivity contribution in [3.05, 3.63) is 76.8 Å². The van der Waals surface area contributed by atoms with Crippen LogP contribution in [0, 0.1) is 11.6 Å². The maximum atomic E-state index is 14.3. The van der Waals surface area contributed by atoms with Crippen LogP contribution in [0.4, 0.5) is 19.3 Å². The summed E-state index contributed by atoms with van der Waals surface area (Å²) in [4.78, 5) is 40.8. The van der Waals surface area contributed by atoms with Gasteiger partial charge in [-0.2, -0.15) is 0 Å². The summed E-state index contributed by atoms with van der Waals surface area (Å²) >= 11 is 0. The zero-order valence-electron chi connectivity index (χ0n) is 17.2. The molecule has 4 aromatic rings. The minimum Gasteiger partial charge on any atom is -0.454 e. The highest BCUT2D eigenvalue weighted by atomic mass is 19.1. The summed E-state index contributed by atoms with van der Waals surface area (Å²) in [6.45, 7) is -0.130. The van der Waals surface area contributed by atoms with Crippen molar-refractivity contribution in [1.29, 1.82) is 0 Å². The molecule has 3 amide bonds. The molecule has 1 saturated heterocycles. The van der Waals surface area contributed by atoms with Crippen LogP contribution in [0.1, 0.15) is 0 Å². The monoisotopic (exact) mass is 450 g/mol. The topological polar surface area (TPSA) is 96.4 Å². The predicted octanol–water partition coefficient (Wildman–Crippen LogP) is 3.66. The van der Waals surface area contributed by atoms with Gasteiger partial charge in [-0.1, -0.05) is 0 Å². The second-order valence-electron chi connectivity index (χ2n) is 7.47. The van der Waals surface area contributed by atoms with E-state index in [4.69, 9.17) is 4.74 Å². The number of hydrogen-bond acceptors (Lipinski definition) is 4. The fourth-order valence-electron chi connectivity index (χ4n) is 3.80. The molecule has 0 unspecified atom stereocenters. The third-order valence-corrected chi connectivity index (χ3v) is 5.36. The molecule has 1 aliphatic heterocycles. The zero-order valence-corrected chi connectivity index (χ0v) is 17.2. The number of pyridine rings is 1. The number of H-pyrrole nitrogens is 1. The molecule has 2 N–H and O–H groups in total. The molecule has 1 aliphatic rings. The lowest BCUT2D eigenvalue weighted by molar-refractivity contribution is -0.115. The van der Waals surface area contributed by atoms with Gasteiger partial charge in [0.1, 0.15) is 17.1 Å². The van der Waals surface area contributed by atoms with Crippen molar-refractivity contribution in [3.8, 4) is 22.6 Å². The third-order valence-electron chi connectivity index (χ3n) is 5.36. The Kier molecular flexibility index (Phi) is 4.70. The number of anilines is 1. The van der Waals surface area contributed by atoms with Crippen molar-refractivity contribution in [3.63, 3.8) is 0 Å². The van der Waals surface area contributed by atoms with Gasteiger partial charge in [0.2, 0.25) is 0 Å². The molecular formula is C23H16F2N4O4. The fourth-order valence-corrected chi connectivity index (χ4v) is 3.80. The number of benzene rings is 2. The van der Waals surface area contributed by atoms with E-state index in [0.717, 1.165) is 17.0 Å². The maximum absolute atomic E-state index is 14.3. The van der Waals surface area contributed by atoms with E-state index in [-0.39, 0.29) is 29.3 Å². The lowest BCUT2D eigenvalue weighted by Gasteiger charge is -2.18. The number of aromatic nitrogens is 2. The zero-order chi connectivity index (χ0) is 23.3. The van der Waals surface area contributed by atoms with E-state index in [0.29, 0.717) is 28.1 Å². The van der Waals surface area contributed by atoms with Gasteiger partial charge in [-0.3, -0.25) is 9.59 Å². The number of carbonyl (C=O) groups is 2. The number of hydrogen-bond donors (Lipinski definition) is 2. The molecule has 0 radical (unpaired) electrons. The average molecular weight is 450 g/mol. The number of nitrogens with zero attached hydrogens (tertiary/aromatic N) is 2. The molecule has 2 aromatic heterocycles. The normalized spacial score (nSPS) is 13.6. The van der Waals surface area contributed by atoms with E-state index < -0.39 is 23.6 Å². The van der Waals surface area contributed by atoms with Crippen LogP contribution in [0.25, 0.3) is 22.0 Å². The van der Waals surface area contributed by atoms with Crippen molar-refractivity contribution in [1.82, 2.24) is 14.9 Å². The Morgan fingerprint density at radius 3 is 2.48 bits per heavy atom. The molecule has 10 heteroatoms. The first kappa shape index (κ1) is 20.4. The molecule has 33 heavy (non-hydrogen) atoms. The summed E-state index contributed by atoms with van der Waals surface area (Å²) in [5.74, 6) is -2.11. The van der Waals surface area contributed by atoms with Gasteiger partial charge < -0.3 is 19.6 Å². The van der Waals surface area contributed by atoms with E-state index in [1.54, 1.807) is 31.6 Å². The van der Waals surface area contributed by atoms with E-state index in [1.165, 1.54) is 16.7 Å². The van der Waals surface area contributed by atoms with E-state index in [9.17, 15) is 23.2 Å². The van der Waals surface area contributed by atoms with Gasteiger partial charge in [-0.15, -0.1) is 0 Å². The molecule has 0 bridgehead atoms. The molecule has 0 saturated carbocycles. The Morgan fingerprint density at radius 2 is 1.76 bits per heavy atom. The molecule has 8 nitrogen and oxygen atoms in total. The molecule has 0 spiro atoms. The van der Waals surface area contributed by atoms with Crippen LogP contribution in [0.15, 0.2) is 59.7 Å². The summed E-state index contributed by atoms with van der Waals surface area (Å²) < 4.78 is 34.8. The first-order valence-electron chi connectivity index (χ1n) is 9.88. The second-order valence-corrected chi connectivity index (χ2v) is 7.47. The quantitative estimate of drug-likeness (QED) is 0.464. The Bertz CT molecular complexity index is 1490. The SMILES string of the molecule is Cn1cc(-c2cc(N3C(=O)CNC3=O)ccc2Oc2ccc(F)cc2F)c2cc[nH]c2c1=O. The fraction of sp³-hybridized carbons (Fsp3) is 0.0870. The number of fused-ring (bicyclic) bond motifs is 1. The van der Waals surface area contributed by atoms with Gasteiger partial charge in [0.25, 0.3) is 11.5 Å². The van der Waals surface area contributed by atoms with E-state index >= 15 is 0 Å². The van der Waals surface area contributed by atoms with Crippen molar-refractivity contribution < 1.29 is 23.1 Å². The number of aromatic amines is 1. The molecule has 3 heterocycles. The number of rotatable bonds is 4. The molecular weight excluding hydrogens is 434 g/mol. The van der Waals surface area contributed by atoms with E-state index in [1.807, 2.05) is 0 Å². The van der Waals surface area contributed by atoms with Gasteiger partial charge in [0.15, 0.2) is 11.6 Å². The summed E-state index contributed by atoms with van der Waals surface area (Å²) in [5, 5.41) is 3.02. The number of nitrogens with one attached hydrogen (secondary N) is 2. The van der Waals surface area contributed by atoms with Crippen LogP contribution in [0.5, 0.6) is 11.5 Å². The van der Waals surface area contributed by atoms with Gasteiger partial charge in [-0.25, -0.2) is 18.5 Å². The van der Waals surface area contributed by atoms with Gasteiger partial charge in [0, 0.05) is 42.0 Å². The van der Waals surface area contributed by atoms with Crippen molar-refractivity contribution in [2.75, 3.05) is 11.4 Å². The number of aryl methyl sites for hydroxylation is 1. The van der Waals surface area contributed by atoms with Gasteiger partial charge >= 0.3 is 6.03 Å². The van der Waals surface area contributed by atoms with Crippen molar-refractivity contribution in [2.45, 2.75) is 0 Å². The lowest BCUT2D eigenvalue weighted by atomic mass is 10.0. The summed E-state index contributed by atoms with van der Waals surface area (Å²) in [6, 6.07) is 8.57. The molecule has 5 rings (SSSR count). The Labute approximate surface area is 185 Å². The average Bonchev–Trinajstić information content (AvgIpc) is 3.40. The van der Waals surface area contributed by atoms with Crippen LogP contribution in [-0.2, 0) is 11.8 Å².